The van der Waals surface area contributed by atoms with Crippen LogP contribution in [0.2, 0.25) is 0 Å². The summed E-state index contributed by atoms with van der Waals surface area (Å²) >= 11 is 5.61. The Kier molecular flexibility index (Phi) is 7.83. The van der Waals surface area contributed by atoms with Crippen molar-refractivity contribution in [2.45, 2.75) is 0 Å². The lowest BCUT2D eigenvalue weighted by molar-refractivity contribution is 1.28. The lowest BCUT2D eigenvalue weighted by atomic mass is 10.0. The summed E-state index contributed by atoms with van der Waals surface area (Å²) in [5.74, 6) is 0. The highest BCUT2D eigenvalue weighted by molar-refractivity contribution is 7.26. The molecule has 4 heteroatoms. The van der Waals surface area contributed by atoms with Crippen LogP contribution in [0, 0.1) is 0 Å². The fourth-order valence-corrected chi connectivity index (χ4v) is 12.0. The number of fused-ring (bicyclic) bond motifs is 9. The number of thiophene rings is 3. The number of anilines is 3. The summed E-state index contributed by atoms with van der Waals surface area (Å²) in [6.07, 6.45) is 0. The Morgan fingerprint density at radius 1 is 0.259 bits per heavy atom. The summed E-state index contributed by atoms with van der Waals surface area (Å²) in [6.45, 7) is 0. The summed E-state index contributed by atoms with van der Waals surface area (Å²) in [7, 11) is 0. The van der Waals surface area contributed by atoms with Gasteiger partial charge in [0, 0.05) is 77.6 Å². The van der Waals surface area contributed by atoms with Crippen LogP contribution in [0.4, 0.5) is 17.1 Å². The molecule has 12 aromatic rings. The maximum atomic E-state index is 2.38. The first kappa shape index (κ1) is 33.6. The molecule has 0 unspecified atom stereocenters. The predicted molar refractivity (Wildman–Crippen MR) is 256 cm³/mol. The van der Waals surface area contributed by atoms with Crippen LogP contribution in [0.5, 0.6) is 0 Å². The van der Waals surface area contributed by atoms with Crippen molar-refractivity contribution in [2.75, 3.05) is 4.90 Å². The highest BCUT2D eigenvalue weighted by atomic mass is 32.1. The van der Waals surface area contributed by atoms with Crippen molar-refractivity contribution < 1.29 is 0 Å². The van der Waals surface area contributed by atoms with Gasteiger partial charge in [-0.2, -0.15) is 0 Å². The van der Waals surface area contributed by atoms with Crippen molar-refractivity contribution in [3.8, 4) is 33.4 Å². The summed E-state index contributed by atoms with van der Waals surface area (Å²) in [5, 5.41) is 7.94. The number of benzene rings is 9. The molecule has 12 rings (SSSR count). The first-order valence-electron chi connectivity index (χ1n) is 19.6. The van der Waals surface area contributed by atoms with Gasteiger partial charge in [0.2, 0.25) is 0 Å². The quantitative estimate of drug-likeness (QED) is 0.162. The standard InChI is InChI=1S/C54H33NS3/c1-6-15-51-43(8-1)46-12-7-11-42(54(46)58-51)36-20-28-41(29-21-36)55(39-24-16-34(17-25-39)37-22-30-52-47(32-37)44-9-2-4-13-49(44)56-52)40-26-18-35(19-27-40)38-23-31-53-48(33-38)45-10-3-5-14-50(45)57-53/h1-33H. The van der Waals surface area contributed by atoms with Crippen LogP contribution in [-0.4, -0.2) is 0 Å². The smallest absolute Gasteiger partial charge is 0.0462 e. The Morgan fingerprint density at radius 2 is 0.638 bits per heavy atom. The SMILES string of the molecule is c1ccc2c(c1)sc1ccc(-c3ccc(N(c4ccc(-c5ccc6sc7ccccc7c6c5)cc4)c4ccc(-c5cccc6c5sc5ccccc56)cc4)cc3)cc12. The van der Waals surface area contributed by atoms with Crippen LogP contribution in [-0.2, 0) is 0 Å². The molecule has 0 saturated carbocycles. The Balaban J connectivity index is 0.935. The van der Waals surface area contributed by atoms with Gasteiger partial charge in [-0.1, -0.05) is 121 Å². The molecule has 0 aliphatic heterocycles. The van der Waals surface area contributed by atoms with E-state index in [2.05, 4.69) is 205 Å². The zero-order chi connectivity index (χ0) is 38.2. The minimum atomic E-state index is 1.11. The van der Waals surface area contributed by atoms with Crippen molar-refractivity contribution in [1.29, 1.82) is 0 Å². The van der Waals surface area contributed by atoms with E-state index in [1.54, 1.807) is 0 Å². The third-order valence-corrected chi connectivity index (χ3v) is 15.0. The molecule has 3 heterocycles. The van der Waals surface area contributed by atoms with Crippen LogP contribution in [0.25, 0.3) is 93.9 Å². The van der Waals surface area contributed by atoms with E-state index in [0.29, 0.717) is 0 Å². The molecule has 272 valence electrons. The maximum absolute atomic E-state index is 2.38. The van der Waals surface area contributed by atoms with Crippen LogP contribution in [0.3, 0.4) is 0 Å². The van der Waals surface area contributed by atoms with Crippen molar-refractivity contribution in [3.05, 3.63) is 200 Å². The Bertz CT molecular complexity index is 3340. The van der Waals surface area contributed by atoms with Gasteiger partial charge in [-0.15, -0.1) is 34.0 Å². The van der Waals surface area contributed by atoms with E-state index in [-0.39, 0.29) is 0 Å². The normalized spacial score (nSPS) is 11.8. The van der Waals surface area contributed by atoms with E-state index >= 15 is 0 Å². The average Bonchev–Trinajstić information content (AvgIpc) is 3.98. The van der Waals surface area contributed by atoms with Gasteiger partial charge in [-0.3, -0.25) is 0 Å². The number of nitrogens with zero attached hydrogens (tertiary/aromatic N) is 1. The molecule has 3 aromatic heterocycles. The molecule has 0 radical (unpaired) electrons. The second-order valence-corrected chi connectivity index (χ2v) is 18.1. The Hall–Kier alpha value is -6.56. The van der Waals surface area contributed by atoms with Gasteiger partial charge >= 0.3 is 0 Å². The molecular weight excluding hydrogens is 759 g/mol. The molecule has 0 amide bonds. The Labute approximate surface area is 347 Å². The first-order valence-corrected chi connectivity index (χ1v) is 22.0. The molecule has 0 N–H and O–H groups in total. The van der Waals surface area contributed by atoms with E-state index in [9.17, 15) is 0 Å². The van der Waals surface area contributed by atoms with Crippen molar-refractivity contribution in [1.82, 2.24) is 0 Å². The zero-order valence-electron chi connectivity index (χ0n) is 31.2. The molecule has 0 aliphatic carbocycles. The third kappa shape index (κ3) is 5.56. The van der Waals surface area contributed by atoms with E-state index < -0.39 is 0 Å². The minimum Gasteiger partial charge on any atom is -0.311 e. The van der Waals surface area contributed by atoms with Gasteiger partial charge < -0.3 is 4.90 Å². The van der Waals surface area contributed by atoms with Crippen LogP contribution >= 0.6 is 34.0 Å². The molecule has 0 bridgehead atoms. The molecule has 9 aromatic carbocycles. The van der Waals surface area contributed by atoms with Crippen molar-refractivity contribution in [2.24, 2.45) is 0 Å². The summed E-state index contributed by atoms with van der Waals surface area (Å²) in [4.78, 5) is 2.38. The highest BCUT2D eigenvalue weighted by Gasteiger charge is 2.16. The van der Waals surface area contributed by atoms with Crippen molar-refractivity contribution >= 4 is 112 Å². The molecule has 0 aliphatic rings. The van der Waals surface area contributed by atoms with Crippen LogP contribution in [0.15, 0.2) is 200 Å². The molecule has 58 heavy (non-hydrogen) atoms. The number of hydrogen-bond donors (Lipinski definition) is 0. The Morgan fingerprint density at radius 3 is 1.14 bits per heavy atom. The van der Waals surface area contributed by atoms with E-state index in [1.807, 2.05) is 34.0 Å². The second kappa shape index (κ2) is 13.5. The monoisotopic (exact) mass is 791 g/mol. The van der Waals surface area contributed by atoms with Gasteiger partial charge in [-0.05, 0) is 112 Å². The van der Waals surface area contributed by atoms with Gasteiger partial charge in [-0.25, -0.2) is 0 Å². The molecular formula is C54H33NS3. The molecule has 0 fully saturated rings. The summed E-state index contributed by atoms with van der Waals surface area (Å²) < 4.78 is 7.98. The van der Waals surface area contributed by atoms with Gasteiger partial charge in [0.05, 0.1) is 0 Å². The van der Waals surface area contributed by atoms with E-state index in [1.165, 1.54) is 93.9 Å². The molecule has 0 saturated heterocycles. The molecule has 0 spiro atoms. The summed E-state index contributed by atoms with van der Waals surface area (Å²) in [6, 6.07) is 73.9. The first-order chi connectivity index (χ1) is 28.7. The van der Waals surface area contributed by atoms with Crippen LogP contribution < -0.4 is 4.90 Å². The molecule has 1 nitrogen and oxygen atoms in total. The second-order valence-electron chi connectivity index (χ2n) is 14.9. The lowest BCUT2D eigenvalue weighted by Gasteiger charge is -2.26. The fourth-order valence-electron chi connectivity index (χ4n) is 8.63. The summed E-state index contributed by atoms with van der Waals surface area (Å²) in [5.41, 5.74) is 10.7. The topological polar surface area (TPSA) is 3.24 Å². The third-order valence-electron chi connectivity index (χ3n) is 11.5. The maximum Gasteiger partial charge on any atom is 0.0462 e. The van der Waals surface area contributed by atoms with E-state index in [0.717, 1.165) is 17.1 Å². The largest absolute Gasteiger partial charge is 0.311 e. The van der Waals surface area contributed by atoms with E-state index in [4.69, 9.17) is 0 Å². The zero-order valence-corrected chi connectivity index (χ0v) is 33.7. The highest BCUT2D eigenvalue weighted by Crippen LogP contribution is 2.43. The van der Waals surface area contributed by atoms with Crippen LogP contribution in [0.1, 0.15) is 0 Å². The predicted octanol–water partition coefficient (Wildman–Crippen LogP) is 17.3. The average molecular weight is 792 g/mol. The molecule has 0 atom stereocenters. The van der Waals surface area contributed by atoms with Gasteiger partial charge in [0.15, 0.2) is 0 Å². The van der Waals surface area contributed by atoms with Crippen molar-refractivity contribution in [3.63, 3.8) is 0 Å². The number of hydrogen-bond acceptors (Lipinski definition) is 4. The van der Waals surface area contributed by atoms with Gasteiger partial charge in [0.1, 0.15) is 0 Å². The minimum absolute atomic E-state index is 1.11. The fraction of sp³-hybridized carbons (Fsp3) is 0. The van der Waals surface area contributed by atoms with Gasteiger partial charge in [0.25, 0.3) is 0 Å². The number of rotatable bonds is 6. The lowest BCUT2D eigenvalue weighted by Crippen LogP contribution is -2.09.